The zero-order valence-corrected chi connectivity index (χ0v) is 12.6. The van der Waals surface area contributed by atoms with Gasteiger partial charge < -0.3 is 9.47 Å². The van der Waals surface area contributed by atoms with E-state index < -0.39 is 0 Å². The summed E-state index contributed by atoms with van der Waals surface area (Å²) in [6.07, 6.45) is 6.62. The van der Waals surface area contributed by atoms with E-state index in [2.05, 4.69) is 27.7 Å². The molecule has 0 aliphatic carbocycles. The Hall–Kier alpha value is -0.0800. The monoisotopic (exact) mass is 254 g/mol. The van der Waals surface area contributed by atoms with Gasteiger partial charge in [0.05, 0.1) is 12.7 Å². The Balaban J connectivity index is 2.04. The van der Waals surface area contributed by atoms with Crippen LogP contribution in [-0.2, 0) is 9.47 Å². The maximum Gasteiger partial charge on any atom is 0.0609 e. The first kappa shape index (κ1) is 14.3. The van der Waals surface area contributed by atoms with E-state index in [-0.39, 0.29) is 5.41 Å². The second kappa shape index (κ2) is 5.50. The van der Waals surface area contributed by atoms with Crippen molar-refractivity contribution in [3.8, 4) is 0 Å². The molecule has 0 radical (unpaired) electrons. The third-order valence-electron chi connectivity index (χ3n) is 4.95. The van der Waals surface area contributed by atoms with Crippen molar-refractivity contribution >= 4 is 0 Å². The molecule has 0 aromatic rings. The smallest absolute Gasteiger partial charge is 0.0609 e. The Morgan fingerprint density at radius 2 is 1.72 bits per heavy atom. The molecule has 0 aromatic heterocycles. The van der Waals surface area contributed by atoms with Gasteiger partial charge in [-0.3, -0.25) is 0 Å². The lowest BCUT2D eigenvalue weighted by molar-refractivity contribution is -0.0430. The highest BCUT2D eigenvalue weighted by atomic mass is 16.5. The molecule has 2 unspecified atom stereocenters. The molecule has 0 saturated carbocycles. The van der Waals surface area contributed by atoms with E-state index in [4.69, 9.17) is 9.47 Å². The van der Waals surface area contributed by atoms with Crippen LogP contribution in [0.15, 0.2) is 0 Å². The lowest BCUT2D eigenvalue weighted by Crippen LogP contribution is -2.37. The molecule has 2 rings (SSSR count). The molecule has 2 saturated heterocycles. The van der Waals surface area contributed by atoms with Crippen LogP contribution in [0.1, 0.15) is 59.8 Å². The minimum absolute atomic E-state index is 0.260. The fraction of sp³-hybridized carbons (Fsp3) is 1.00. The molecular formula is C16H30O2. The van der Waals surface area contributed by atoms with Gasteiger partial charge in [-0.15, -0.1) is 0 Å². The van der Waals surface area contributed by atoms with Gasteiger partial charge in [0.15, 0.2) is 0 Å². The molecule has 18 heavy (non-hydrogen) atoms. The van der Waals surface area contributed by atoms with Gasteiger partial charge in [-0.25, -0.2) is 0 Å². The van der Waals surface area contributed by atoms with E-state index in [9.17, 15) is 0 Å². The molecule has 2 aliphatic rings. The van der Waals surface area contributed by atoms with Crippen LogP contribution >= 0.6 is 0 Å². The van der Waals surface area contributed by atoms with E-state index in [1.54, 1.807) is 0 Å². The first-order valence-electron chi connectivity index (χ1n) is 7.60. The molecule has 0 aromatic carbocycles. The topological polar surface area (TPSA) is 18.5 Å². The van der Waals surface area contributed by atoms with E-state index in [0.717, 1.165) is 19.8 Å². The molecule has 106 valence electrons. The number of hydrogen-bond donors (Lipinski definition) is 0. The van der Waals surface area contributed by atoms with Crippen molar-refractivity contribution in [2.45, 2.75) is 65.9 Å². The zero-order chi connectivity index (χ0) is 13.2. The van der Waals surface area contributed by atoms with Crippen molar-refractivity contribution in [3.63, 3.8) is 0 Å². The molecule has 0 N–H and O–H groups in total. The van der Waals surface area contributed by atoms with Crippen LogP contribution < -0.4 is 0 Å². The SMILES string of the molecule is CC1(C)CCOC(C2CCCOCC2(C)C)CC1. The summed E-state index contributed by atoms with van der Waals surface area (Å²) in [4.78, 5) is 0. The minimum Gasteiger partial charge on any atom is -0.381 e. The average Bonchev–Trinajstić information content (AvgIpc) is 2.54. The van der Waals surface area contributed by atoms with Gasteiger partial charge in [0.2, 0.25) is 0 Å². The van der Waals surface area contributed by atoms with Gasteiger partial charge in [-0.05, 0) is 48.9 Å². The molecule has 2 heterocycles. The number of rotatable bonds is 1. The standard InChI is InChI=1S/C16H30O2/c1-15(2)8-7-14(18-11-9-15)13-6-5-10-17-12-16(13,3)4/h13-14H,5-12H2,1-4H3. The molecule has 2 nitrogen and oxygen atoms in total. The Morgan fingerprint density at radius 3 is 2.50 bits per heavy atom. The van der Waals surface area contributed by atoms with Crippen LogP contribution in [0.2, 0.25) is 0 Å². The highest BCUT2D eigenvalue weighted by Crippen LogP contribution is 2.41. The quantitative estimate of drug-likeness (QED) is 0.703. The third kappa shape index (κ3) is 3.48. The lowest BCUT2D eigenvalue weighted by Gasteiger charge is -2.37. The predicted molar refractivity (Wildman–Crippen MR) is 74.7 cm³/mol. The minimum atomic E-state index is 0.260. The average molecular weight is 254 g/mol. The van der Waals surface area contributed by atoms with Gasteiger partial charge in [-0.2, -0.15) is 0 Å². The highest BCUT2D eigenvalue weighted by Gasteiger charge is 2.39. The Morgan fingerprint density at radius 1 is 0.944 bits per heavy atom. The van der Waals surface area contributed by atoms with Gasteiger partial charge in [0.25, 0.3) is 0 Å². The molecule has 0 spiro atoms. The summed E-state index contributed by atoms with van der Waals surface area (Å²) >= 11 is 0. The van der Waals surface area contributed by atoms with Gasteiger partial charge >= 0.3 is 0 Å². The second-order valence-corrected chi connectivity index (χ2v) is 7.65. The maximum absolute atomic E-state index is 6.21. The first-order valence-corrected chi connectivity index (χ1v) is 7.60. The largest absolute Gasteiger partial charge is 0.381 e. The summed E-state index contributed by atoms with van der Waals surface area (Å²) < 4.78 is 12.0. The van der Waals surface area contributed by atoms with Crippen LogP contribution in [-0.4, -0.2) is 25.9 Å². The summed E-state index contributed by atoms with van der Waals surface area (Å²) in [5.74, 6) is 0.661. The molecule has 0 amide bonds. The van der Waals surface area contributed by atoms with Gasteiger partial charge in [0, 0.05) is 13.2 Å². The van der Waals surface area contributed by atoms with Crippen LogP contribution in [0.3, 0.4) is 0 Å². The first-order chi connectivity index (χ1) is 8.41. The summed E-state index contributed by atoms with van der Waals surface area (Å²) in [6, 6.07) is 0. The number of ether oxygens (including phenoxy) is 2. The Labute approximate surface area is 112 Å². The summed E-state index contributed by atoms with van der Waals surface area (Å²) in [5, 5.41) is 0. The summed E-state index contributed by atoms with van der Waals surface area (Å²) in [7, 11) is 0. The van der Waals surface area contributed by atoms with Gasteiger partial charge in [-0.1, -0.05) is 27.7 Å². The molecular weight excluding hydrogens is 224 g/mol. The van der Waals surface area contributed by atoms with Crippen LogP contribution in [0, 0.1) is 16.7 Å². The normalized spacial score (nSPS) is 36.7. The fourth-order valence-corrected chi connectivity index (χ4v) is 3.47. The van der Waals surface area contributed by atoms with E-state index >= 15 is 0 Å². The molecule has 2 heteroatoms. The molecule has 2 aliphatic heterocycles. The fourth-order valence-electron chi connectivity index (χ4n) is 3.47. The maximum atomic E-state index is 6.21. The van der Waals surface area contributed by atoms with E-state index in [1.165, 1.54) is 32.1 Å². The van der Waals surface area contributed by atoms with Crippen molar-refractivity contribution in [1.29, 1.82) is 0 Å². The molecule has 0 bridgehead atoms. The third-order valence-corrected chi connectivity index (χ3v) is 4.95. The number of hydrogen-bond acceptors (Lipinski definition) is 2. The van der Waals surface area contributed by atoms with E-state index in [1.807, 2.05) is 0 Å². The van der Waals surface area contributed by atoms with Crippen LogP contribution in [0.4, 0.5) is 0 Å². The van der Waals surface area contributed by atoms with E-state index in [0.29, 0.717) is 17.4 Å². The Kier molecular flexibility index (Phi) is 4.38. The molecule has 2 fully saturated rings. The predicted octanol–water partition coefficient (Wildman–Crippen LogP) is 4.03. The molecule has 2 atom stereocenters. The lowest BCUT2D eigenvalue weighted by atomic mass is 9.72. The summed E-state index contributed by atoms with van der Waals surface area (Å²) in [6.45, 7) is 12.2. The van der Waals surface area contributed by atoms with Crippen molar-refractivity contribution in [3.05, 3.63) is 0 Å². The van der Waals surface area contributed by atoms with Crippen LogP contribution in [0.25, 0.3) is 0 Å². The van der Waals surface area contributed by atoms with Crippen molar-refractivity contribution < 1.29 is 9.47 Å². The van der Waals surface area contributed by atoms with Crippen molar-refractivity contribution in [2.24, 2.45) is 16.7 Å². The van der Waals surface area contributed by atoms with Crippen molar-refractivity contribution in [2.75, 3.05) is 19.8 Å². The highest BCUT2D eigenvalue weighted by molar-refractivity contribution is 4.88. The van der Waals surface area contributed by atoms with Gasteiger partial charge in [0.1, 0.15) is 0 Å². The second-order valence-electron chi connectivity index (χ2n) is 7.65. The Bertz CT molecular complexity index is 270. The summed E-state index contributed by atoms with van der Waals surface area (Å²) in [5.41, 5.74) is 0.718. The zero-order valence-electron chi connectivity index (χ0n) is 12.6. The van der Waals surface area contributed by atoms with Crippen LogP contribution in [0.5, 0.6) is 0 Å². The van der Waals surface area contributed by atoms with Crippen molar-refractivity contribution in [1.82, 2.24) is 0 Å².